The summed E-state index contributed by atoms with van der Waals surface area (Å²) in [5.74, 6) is 0.555. The van der Waals surface area contributed by atoms with Crippen molar-refractivity contribution >= 4 is 17.3 Å². The number of rotatable bonds is 4. The molecule has 2 N–H and O–H groups in total. The van der Waals surface area contributed by atoms with Gasteiger partial charge in [-0.25, -0.2) is 0 Å². The van der Waals surface area contributed by atoms with Gasteiger partial charge in [-0.3, -0.25) is 4.79 Å². The lowest BCUT2D eigenvalue weighted by molar-refractivity contribution is 0.102. The van der Waals surface area contributed by atoms with Crippen molar-refractivity contribution in [3.63, 3.8) is 0 Å². The number of anilines is 2. The fourth-order valence-electron chi connectivity index (χ4n) is 2.85. The third kappa shape index (κ3) is 3.86. The summed E-state index contributed by atoms with van der Waals surface area (Å²) in [4.78, 5) is 14.6. The molecule has 0 spiro atoms. The molecular weight excluding hydrogens is 304 g/mol. The maximum Gasteiger partial charge on any atom is 0.255 e. The highest BCUT2D eigenvalue weighted by Gasteiger charge is 2.17. The van der Waals surface area contributed by atoms with Crippen LogP contribution in [0.15, 0.2) is 48.5 Å². The van der Waals surface area contributed by atoms with Crippen molar-refractivity contribution in [1.82, 2.24) is 0 Å². The van der Waals surface area contributed by atoms with Crippen LogP contribution in [0.1, 0.15) is 23.2 Å². The van der Waals surface area contributed by atoms with Crippen LogP contribution in [0.4, 0.5) is 11.4 Å². The number of carbonyl (C=O) groups excluding carboxylic acids is 1. The summed E-state index contributed by atoms with van der Waals surface area (Å²) in [6.45, 7) is 1.69. The maximum absolute atomic E-state index is 12.3. The van der Waals surface area contributed by atoms with E-state index in [9.17, 15) is 9.90 Å². The molecule has 1 aliphatic heterocycles. The summed E-state index contributed by atoms with van der Waals surface area (Å²) in [7, 11) is 1.60. The van der Waals surface area contributed by atoms with E-state index in [4.69, 9.17) is 4.74 Å². The third-order valence-corrected chi connectivity index (χ3v) is 4.29. The number of aliphatic hydroxyl groups excluding tert-OH is 1. The second-order valence-corrected chi connectivity index (χ2v) is 5.95. The molecule has 0 atom stereocenters. The van der Waals surface area contributed by atoms with Crippen LogP contribution >= 0.6 is 0 Å². The number of ether oxygens (including phenoxy) is 1. The Bertz CT molecular complexity index is 692. The zero-order valence-electron chi connectivity index (χ0n) is 13.7. The SMILES string of the molecule is COc1cccc(NC(=O)c2ccc(N3CCC(O)CC3)cc2)c1. The van der Waals surface area contributed by atoms with Crippen LogP contribution in [0.5, 0.6) is 5.75 Å². The lowest BCUT2D eigenvalue weighted by atomic mass is 10.1. The Morgan fingerprint density at radius 1 is 1.17 bits per heavy atom. The van der Waals surface area contributed by atoms with E-state index in [1.807, 2.05) is 42.5 Å². The number of methoxy groups -OCH3 is 1. The van der Waals surface area contributed by atoms with Gasteiger partial charge in [0.05, 0.1) is 13.2 Å². The number of nitrogens with zero attached hydrogens (tertiary/aromatic N) is 1. The van der Waals surface area contributed by atoms with Crippen molar-refractivity contribution < 1.29 is 14.6 Å². The number of amides is 1. The third-order valence-electron chi connectivity index (χ3n) is 4.29. The molecule has 1 amide bonds. The summed E-state index contributed by atoms with van der Waals surface area (Å²) >= 11 is 0. The van der Waals surface area contributed by atoms with E-state index in [2.05, 4.69) is 10.2 Å². The lowest BCUT2D eigenvalue weighted by Gasteiger charge is -2.31. The van der Waals surface area contributed by atoms with Crippen molar-refractivity contribution in [2.45, 2.75) is 18.9 Å². The molecule has 0 radical (unpaired) electrons. The molecule has 3 rings (SSSR count). The molecule has 1 saturated heterocycles. The highest BCUT2D eigenvalue weighted by molar-refractivity contribution is 6.04. The molecule has 0 bridgehead atoms. The number of benzene rings is 2. The lowest BCUT2D eigenvalue weighted by Crippen LogP contribution is -2.35. The largest absolute Gasteiger partial charge is 0.497 e. The monoisotopic (exact) mass is 326 g/mol. The summed E-state index contributed by atoms with van der Waals surface area (Å²) in [5, 5.41) is 12.5. The first-order valence-corrected chi connectivity index (χ1v) is 8.14. The number of carbonyl (C=O) groups is 1. The van der Waals surface area contributed by atoms with Crippen molar-refractivity contribution in [2.75, 3.05) is 30.4 Å². The first-order valence-electron chi connectivity index (χ1n) is 8.14. The molecule has 1 fully saturated rings. The van der Waals surface area contributed by atoms with E-state index in [0.717, 1.165) is 31.6 Å². The normalized spacial score (nSPS) is 15.2. The Labute approximate surface area is 141 Å². The van der Waals surface area contributed by atoms with Crippen LogP contribution in [-0.4, -0.2) is 37.3 Å². The van der Waals surface area contributed by atoms with Gasteiger partial charge in [-0.05, 0) is 49.2 Å². The average molecular weight is 326 g/mol. The summed E-state index contributed by atoms with van der Waals surface area (Å²) < 4.78 is 5.16. The smallest absolute Gasteiger partial charge is 0.255 e. The van der Waals surface area contributed by atoms with Crippen LogP contribution in [0.25, 0.3) is 0 Å². The van der Waals surface area contributed by atoms with Crippen molar-refractivity contribution in [3.8, 4) is 5.75 Å². The zero-order chi connectivity index (χ0) is 16.9. The minimum Gasteiger partial charge on any atom is -0.497 e. The molecule has 0 saturated carbocycles. The van der Waals surface area contributed by atoms with Gasteiger partial charge >= 0.3 is 0 Å². The molecule has 24 heavy (non-hydrogen) atoms. The predicted molar refractivity (Wildman–Crippen MR) is 94.8 cm³/mol. The Hall–Kier alpha value is -2.53. The van der Waals surface area contributed by atoms with Crippen LogP contribution in [0, 0.1) is 0 Å². The molecular formula is C19H22N2O3. The Kier molecular flexibility index (Phi) is 5.01. The highest BCUT2D eigenvalue weighted by atomic mass is 16.5. The van der Waals surface area contributed by atoms with E-state index in [1.54, 1.807) is 13.2 Å². The summed E-state index contributed by atoms with van der Waals surface area (Å²) in [6, 6.07) is 14.9. The first kappa shape index (κ1) is 16.3. The van der Waals surface area contributed by atoms with E-state index in [1.165, 1.54) is 0 Å². The summed E-state index contributed by atoms with van der Waals surface area (Å²) in [6.07, 6.45) is 1.39. The molecule has 0 aromatic heterocycles. The molecule has 2 aromatic carbocycles. The summed E-state index contributed by atoms with van der Waals surface area (Å²) in [5.41, 5.74) is 2.40. The van der Waals surface area contributed by atoms with Crippen molar-refractivity contribution in [1.29, 1.82) is 0 Å². The van der Waals surface area contributed by atoms with E-state index >= 15 is 0 Å². The standard InChI is InChI=1S/C19H22N2O3/c1-24-18-4-2-3-15(13-18)20-19(23)14-5-7-16(8-6-14)21-11-9-17(22)10-12-21/h2-8,13,17,22H,9-12H2,1H3,(H,20,23). The predicted octanol–water partition coefficient (Wildman–Crippen LogP) is 2.91. The molecule has 2 aromatic rings. The average Bonchev–Trinajstić information content (AvgIpc) is 2.62. The second-order valence-electron chi connectivity index (χ2n) is 5.95. The van der Waals surface area contributed by atoms with Crippen LogP contribution in [0.3, 0.4) is 0 Å². The van der Waals surface area contributed by atoms with Crippen LogP contribution in [0.2, 0.25) is 0 Å². The number of nitrogens with one attached hydrogen (secondary N) is 1. The van der Waals surface area contributed by atoms with Gasteiger partial charge in [-0.15, -0.1) is 0 Å². The van der Waals surface area contributed by atoms with Crippen LogP contribution < -0.4 is 15.0 Å². The van der Waals surface area contributed by atoms with Gasteiger partial charge in [0.15, 0.2) is 0 Å². The second kappa shape index (κ2) is 7.36. The fraction of sp³-hybridized carbons (Fsp3) is 0.316. The van der Waals surface area contributed by atoms with Gasteiger partial charge in [-0.1, -0.05) is 6.07 Å². The quantitative estimate of drug-likeness (QED) is 0.907. The molecule has 5 heteroatoms. The molecule has 0 aliphatic carbocycles. The van der Waals surface area contributed by atoms with Gasteiger partial charge in [0.1, 0.15) is 5.75 Å². The number of aliphatic hydroxyl groups is 1. The maximum atomic E-state index is 12.3. The Morgan fingerprint density at radius 3 is 2.54 bits per heavy atom. The number of hydrogen-bond donors (Lipinski definition) is 2. The molecule has 1 aliphatic rings. The fourth-order valence-corrected chi connectivity index (χ4v) is 2.85. The van der Waals surface area contributed by atoms with Crippen molar-refractivity contribution in [3.05, 3.63) is 54.1 Å². The van der Waals surface area contributed by atoms with E-state index in [0.29, 0.717) is 17.0 Å². The van der Waals surface area contributed by atoms with Gasteiger partial charge in [-0.2, -0.15) is 0 Å². The Morgan fingerprint density at radius 2 is 1.88 bits per heavy atom. The van der Waals surface area contributed by atoms with Gasteiger partial charge in [0.2, 0.25) is 0 Å². The minimum atomic E-state index is -0.186. The zero-order valence-corrected chi connectivity index (χ0v) is 13.7. The van der Waals surface area contributed by atoms with E-state index in [-0.39, 0.29) is 12.0 Å². The number of piperidine rings is 1. The molecule has 5 nitrogen and oxygen atoms in total. The number of hydrogen-bond acceptors (Lipinski definition) is 4. The topological polar surface area (TPSA) is 61.8 Å². The van der Waals surface area contributed by atoms with Gasteiger partial charge in [0.25, 0.3) is 5.91 Å². The van der Waals surface area contributed by atoms with Gasteiger partial charge in [0, 0.05) is 36.1 Å². The van der Waals surface area contributed by atoms with Gasteiger partial charge < -0.3 is 20.1 Å². The first-order chi connectivity index (χ1) is 11.7. The highest BCUT2D eigenvalue weighted by Crippen LogP contribution is 2.22. The van der Waals surface area contributed by atoms with E-state index < -0.39 is 0 Å². The minimum absolute atomic E-state index is 0.149. The molecule has 1 heterocycles. The molecule has 126 valence electrons. The molecule has 0 unspecified atom stereocenters. The van der Waals surface area contributed by atoms with Crippen molar-refractivity contribution in [2.24, 2.45) is 0 Å². The Balaban J connectivity index is 1.65. The van der Waals surface area contributed by atoms with Crippen LogP contribution in [-0.2, 0) is 0 Å².